The summed E-state index contributed by atoms with van der Waals surface area (Å²) in [7, 11) is -3.74. The van der Waals surface area contributed by atoms with Crippen molar-refractivity contribution in [1.82, 2.24) is 9.29 Å². The Labute approximate surface area is 171 Å². The zero-order valence-corrected chi connectivity index (χ0v) is 16.7. The highest BCUT2D eigenvalue weighted by atomic mass is 32.3. The van der Waals surface area contributed by atoms with Crippen LogP contribution in [-0.4, -0.2) is 33.1 Å². The first-order chi connectivity index (χ1) is 14.1. The summed E-state index contributed by atoms with van der Waals surface area (Å²) in [6.07, 6.45) is 2.44. The minimum Gasteiger partial charge on any atom is -0.593 e. The minimum atomic E-state index is -3.74. The van der Waals surface area contributed by atoms with E-state index in [1.807, 2.05) is 60.7 Å². The molecule has 0 fully saturated rings. The fraction of sp³-hybridized carbons (Fsp3) is 0.227. The largest absolute Gasteiger partial charge is 0.593 e. The number of hydrogen-bond acceptors (Lipinski definition) is 5. The van der Waals surface area contributed by atoms with Crippen LogP contribution < -0.4 is 4.74 Å². The first kappa shape index (κ1) is 19.7. The van der Waals surface area contributed by atoms with Crippen molar-refractivity contribution in [1.29, 1.82) is 0 Å². The second kappa shape index (κ2) is 8.84. The Hall–Kier alpha value is -2.58. The SMILES string of the molecule is O=[S+]1([O-])c2cnccc2O[C@@H](COCc2ccccc2)CN1Cc1ccccc1. The molecule has 2 heterocycles. The summed E-state index contributed by atoms with van der Waals surface area (Å²) < 4.78 is 39.8. The molecule has 3 aromatic rings. The lowest BCUT2D eigenvalue weighted by Crippen LogP contribution is -2.41. The zero-order chi connectivity index (χ0) is 20.1. The molecule has 29 heavy (non-hydrogen) atoms. The van der Waals surface area contributed by atoms with E-state index < -0.39 is 16.5 Å². The number of benzene rings is 2. The van der Waals surface area contributed by atoms with Gasteiger partial charge in [0.15, 0.2) is 16.1 Å². The summed E-state index contributed by atoms with van der Waals surface area (Å²) in [4.78, 5) is 4.07. The average Bonchev–Trinajstić information content (AvgIpc) is 2.84. The molecule has 0 amide bonds. The number of sulfonamides is 1. The molecule has 0 N–H and O–H groups in total. The molecule has 150 valence electrons. The van der Waals surface area contributed by atoms with E-state index in [-0.39, 0.29) is 24.6 Å². The standard InChI is InChI=1S/C22H22N2O4S/c25-29(26)22-13-23-12-11-21(22)28-20(17-27-16-19-9-5-2-6-10-19)15-24(29)14-18-7-3-1-4-8-18/h1-13,20H,14-17H2/t20-/m1/s1. The Kier molecular flexibility index (Phi) is 6.01. The first-order valence-electron chi connectivity index (χ1n) is 9.39. The van der Waals surface area contributed by atoms with Crippen LogP contribution in [0.3, 0.4) is 0 Å². The summed E-state index contributed by atoms with van der Waals surface area (Å²) in [6, 6.07) is 20.9. The van der Waals surface area contributed by atoms with Gasteiger partial charge in [-0.25, -0.2) is 0 Å². The van der Waals surface area contributed by atoms with Crippen LogP contribution in [0.5, 0.6) is 5.75 Å². The lowest BCUT2D eigenvalue weighted by atomic mass is 10.2. The van der Waals surface area contributed by atoms with Crippen molar-refractivity contribution in [3.8, 4) is 5.75 Å². The number of fused-ring (bicyclic) bond motifs is 1. The number of nitrogens with zero attached hydrogens (tertiary/aromatic N) is 2. The number of ether oxygens (including phenoxy) is 2. The fourth-order valence-corrected chi connectivity index (χ4v) is 4.77. The predicted molar refractivity (Wildman–Crippen MR) is 109 cm³/mol. The van der Waals surface area contributed by atoms with Gasteiger partial charge in [-0.2, -0.15) is 0 Å². The normalized spacial score (nSPS) is 21.8. The maximum atomic E-state index is 13.2. The van der Waals surface area contributed by atoms with E-state index >= 15 is 0 Å². The van der Waals surface area contributed by atoms with E-state index in [2.05, 4.69) is 4.98 Å². The van der Waals surface area contributed by atoms with E-state index in [0.717, 1.165) is 11.1 Å². The molecule has 0 radical (unpaired) electrons. The number of aromatic nitrogens is 1. The summed E-state index contributed by atoms with van der Waals surface area (Å²) in [6.45, 7) is 1.17. The van der Waals surface area contributed by atoms with Crippen LogP contribution in [0.1, 0.15) is 11.1 Å². The van der Waals surface area contributed by atoms with Crippen molar-refractivity contribution in [3.05, 3.63) is 90.3 Å². The van der Waals surface area contributed by atoms with E-state index in [1.54, 1.807) is 6.07 Å². The molecule has 0 saturated heterocycles. The maximum absolute atomic E-state index is 13.2. The monoisotopic (exact) mass is 410 g/mol. The summed E-state index contributed by atoms with van der Waals surface area (Å²) in [5, 5.41) is 0. The van der Waals surface area contributed by atoms with Gasteiger partial charge in [0.1, 0.15) is 6.10 Å². The van der Waals surface area contributed by atoms with Crippen molar-refractivity contribution in [3.63, 3.8) is 0 Å². The van der Waals surface area contributed by atoms with Gasteiger partial charge >= 0.3 is 0 Å². The maximum Gasteiger partial charge on any atom is 0.235 e. The van der Waals surface area contributed by atoms with Gasteiger partial charge in [0.25, 0.3) is 0 Å². The Morgan fingerprint density at radius 3 is 2.48 bits per heavy atom. The van der Waals surface area contributed by atoms with E-state index in [9.17, 15) is 8.76 Å². The van der Waals surface area contributed by atoms with Gasteiger partial charge in [0.05, 0.1) is 32.5 Å². The van der Waals surface area contributed by atoms with Crippen LogP contribution >= 0.6 is 0 Å². The van der Waals surface area contributed by atoms with Crippen LogP contribution in [0.2, 0.25) is 0 Å². The van der Waals surface area contributed by atoms with Gasteiger partial charge in [-0.05, 0) is 11.1 Å². The number of pyridine rings is 1. The Morgan fingerprint density at radius 2 is 1.76 bits per heavy atom. The smallest absolute Gasteiger partial charge is 0.235 e. The fourth-order valence-electron chi connectivity index (χ4n) is 3.25. The second-order valence-corrected chi connectivity index (χ2v) is 8.75. The Morgan fingerprint density at radius 1 is 1.07 bits per heavy atom. The average molecular weight is 410 g/mol. The number of hydrogen-bond donors (Lipinski definition) is 0. The van der Waals surface area contributed by atoms with Crippen molar-refractivity contribution in [2.45, 2.75) is 24.2 Å². The third-order valence-electron chi connectivity index (χ3n) is 4.68. The van der Waals surface area contributed by atoms with Crippen molar-refractivity contribution < 1.29 is 18.2 Å². The molecule has 0 bridgehead atoms. The van der Waals surface area contributed by atoms with Gasteiger partial charge in [0.2, 0.25) is 4.90 Å². The van der Waals surface area contributed by atoms with Crippen molar-refractivity contribution in [2.75, 3.05) is 13.2 Å². The highest BCUT2D eigenvalue weighted by Crippen LogP contribution is 2.34. The van der Waals surface area contributed by atoms with Crippen molar-refractivity contribution in [2.24, 2.45) is 0 Å². The van der Waals surface area contributed by atoms with Gasteiger partial charge in [0, 0.05) is 12.3 Å². The molecule has 0 saturated carbocycles. The van der Waals surface area contributed by atoms with E-state index in [0.29, 0.717) is 12.4 Å². The Bertz CT molecular complexity index is 984. The summed E-state index contributed by atoms with van der Waals surface area (Å²) in [5.74, 6) is 0.309. The van der Waals surface area contributed by atoms with E-state index in [4.69, 9.17) is 9.47 Å². The lowest BCUT2D eigenvalue weighted by Gasteiger charge is -2.26. The van der Waals surface area contributed by atoms with Crippen LogP contribution in [-0.2, 0) is 32.5 Å². The molecule has 0 aliphatic carbocycles. The van der Waals surface area contributed by atoms with Gasteiger partial charge < -0.3 is 14.0 Å². The summed E-state index contributed by atoms with van der Waals surface area (Å²) in [5.41, 5.74) is 1.96. The van der Waals surface area contributed by atoms with Gasteiger partial charge in [-0.15, -0.1) is 4.31 Å². The highest BCUT2D eigenvalue weighted by molar-refractivity contribution is 7.95. The van der Waals surface area contributed by atoms with Gasteiger partial charge in [-0.1, -0.05) is 64.9 Å². The third-order valence-corrected chi connectivity index (χ3v) is 6.50. The summed E-state index contributed by atoms with van der Waals surface area (Å²) >= 11 is 0. The molecule has 6 nitrogen and oxygen atoms in total. The number of rotatable bonds is 6. The van der Waals surface area contributed by atoms with Crippen molar-refractivity contribution >= 4 is 10.4 Å². The van der Waals surface area contributed by atoms with Crippen LogP contribution in [0.4, 0.5) is 0 Å². The molecule has 2 atom stereocenters. The topological polar surface area (TPSA) is 74.7 Å². The predicted octanol–water partition coefficient (Wildman–Crippen LogP) is 3.47. The molecule has 1 aliphatic heterocycles. The van der Waals surface area contributed by atoms with Gasteiger partial charge in [-0.3, -0.25) is 4.98 Å². The Balaban J connectivity index is 1.54. The molecular formula is C22H22N2O4S. The van der Waals surface area contributed by atoms with Crippen LogP contribution in [0.15, 0.2) is 84.0 Å². The van der Waals surface area contributed by atoms with E-state index in [1.165, 1.54) is 16.7 Å². The minimum absolute atomic E-state index is 0.0847. The lowest BCUT2D eigenvalue weighted by molar-refractivity contribution is 0.0331. The molecule has 1 aliphatic rings. The highest BCUT2D eigenvalue weighted by Gasteiger charge is 2.39. The molecule has 0 spiro atoms. The first-order valence-corrected chi connectivity index (χ1v) is 10.8. The molecule has 1 unspecified atom stereocenters. The van der Waals surface area contributed by atoms with Crippen LogP contribution in [0.25, 0.3) is 0 Å². The molecule has 7 heteroatoms. The molecular weight excluding hydrogens is 388 g/mol. The molecule has 1 aromatic heterocycles. The zero-order valence-electron chi connectivity index (χ0n) is 15.8. The molecule has 4 rings (SSSR count). The molecule has 2 aromatic carbocycles. The quantitative estimate of drug-likeness (QED) is 0.582. The third kappa shape index (κ3) is 4.71. The second-order valence-electron chi connectivity index (χ2n) is 6.85. The van der Waals surface area contributed by atoms with Crippen LogP contribution in [0, 0.1) is 0 Å².